The monoisotopic (exact) mass is 433 g/mol. The first kappa shape index (κ1) is 20.1. The summed E-state index contributed by atoms with van der Waals surface area (Å²) in [6.45, 7) is 0. The molecule has 1 amide bonds. The number of carbonyl (C=O) groups excluding carboxylic acids is 1. The SMILES string of the molecule is CN(C)c1ccc(NC2=NC3C(O)C(O)CC(C(=O)Nc4nccs4)C3S2)cc1. The van der Waals surface area contributed by atoms with Crippen LogP contribution in [0, 0.1) is 5.92 Å². The first-order valence-corrected chi connectivity index (χ1v) is 11.0. The molecule has 2 aliphatic rings. The van der Waals surface area contributed by atoms with Crippen molar-refractivity contribution < 1.29 is 15.0 Å². The number of aliphatic hydroxyl groups is 2. The van der Waals surface area contributed by atoms with Crippen LogP contribution in [0.3, 0.4) is 0 Å². The van der Waals surface area contributed by atoms with Gasteiger partial charge < -0.3 is 25.7 Å². The first-order chi connectivity index (χ1) is 13.9. The van der Waals surface area contributed by atoms with Crippen LogP contribution in [0.2, 0.25) is 0 Å². The number of aliphatic hydroxyl groups excluding tert-OH is 2. The van der Waals surface area contributed by atoms with Crippen molar-refractivity contribution >= 4 is 50.7 Å². The molecular weight excluding hydrogens is 410 g/mol. The number of thiazole rings is 1. The first-order valence-electron chi connectivity index (χ1n) is 9.28. The average Bonchev–Trinajstić information content (AvgIpc) is 3.35. The Hall–Kier alpha value is -2.14. The Morgan fingerprint density at radius 3 is 2.66 bits per heavy atom. The van der Waals surface area contributed by atoms with Crippen LogP contribution >= 0.6 is 23.1 Å². The zero-order valence-electron chi connectivity index (χ0n) is 16.0. The number of nitrogens with one attached hydrogen (secondary N) is 2. The van der Waals surface area contributed by atoms with Gasteiger partial charge in [0.1, 0.15) is 6.10 Å². The van der Waals surface area contributed by atoms with E-state index in [4.69, 9.17) is 0 Å². The number of amides is 1. The van der Waals surface area contributed by atoms with E-state index in [1.54, 1.807) is 11.6 Å². The maximum Gasteiger partial charge on any atom is 0.230 e. The third-order valence-corrected chi connectivity index (χ3v) is 7.12. The molecule has 4 rings (SSSR count). The van der Waals surface area contributed by atoms with Gasteiger partial charge in [-0.25, -0.2) is 4.98 Å². The van der Waals surface area contributed by atoms with Gasteiger partial charge in [-0.05, 0) is 30.7 Å². The van der Waals surface area contributed by atoms with Crippen molar-refractivity contribution in [1.29, 1.82) is 0 Å². The highest BCUT2D eigenvalue weighted by molar-refractivity contribution is 8.15. The van der Waals surface area contributed by atoms with Crippen LogP contribution in [0.25, 0.3) is 0 Å². The summed E-state index contributed by atoms with van der Waals surface area (Å²) in [5.41, 5.74) is 1.96. The van der Waals surface area contributed by atoms with Gasteiger partial charge in [-0.2, -0.15) is 0 Å². The molecule has 1 aromatic heterocycles. The predicted molar refractivity (Wildman–Crippen MR) is 118 cm³/mol. The molecule has 0 spiro atoms. The molecule has 0 bridgehead atoms. The molecule has 1 aromatic carbocycles. The van der Waals surface area contributed by atoms with Gasteiger partial charge in [0.15, 0.2) is 10.3 Å². The lowest BCUT2D eigenvalue weighted by Gasteiger charge is -2.37. The second-order valence-electron chi connectivity index (χ2n) is 7.30. The summed E-state index contributed by atoms with van der Waals surface area (Å²) >= 11 is 2.78. The van der Waals surface area contributed by atoms with Crippen LogP contribution in [0.15, 0.2) is 40.8 Å². The van der Waals surface area contributed by atoms with Crippen molar-refractivity contribution in [3.63, 3.8) is 0 Å². The number of aromatic nitrogens is 1. The molecular formula is C19H23N5O3S2. The molecule has 8 nitrogen and oxygen atoms in total. The molecule has 2 aromatic rings. The largest absolute Gasteiger partial charge is 0.390 e. The van der Waals surface area contributed by atoms with Gasteiger partial charge in [0.2, 0.25) is 5.91 Å². The van der Waals surface area contributed by atoms with E-state index < -0.39 is 24.2 Å². The summed E-state index contributed by atoms with van der Waals surface area (Å²) in [6.07, 6.45) is -0.176. The highest BCUT2D eigenvalue weighted by atomic mass is 32.2. The van der Waals surface area contributed by atoms with Crippen molar-refractivity contribution in [3.8, 4) is 0 Å². The molecule has 4 N–H and O–H groups in total. The number of aliphatic imine (C=N–C) groups is 1. The van der Waals surface area contributed by atoms with Crippen LogP contribution < -0.4 is 15.5 Å². The van der Waals surface area contributed by atoms with Crippen LogP contribution in [-0.2, 0) is 4.79 Å². The maximum absolute atomic E-state index is 12.8. The number of amidine groups is 1. The summed E-state index contributed by atoms with van der Waals surface area (Å²) in [7, 11) is 3.96. The van der Waals surface area contributed by atoms with Gasteiger partial charge >= 0.3 is 0 Å². The van der Waals surface area contributed by atoms with Crippen LogP contribution in [0.1, 0.15) is 6.42 Å². The number of thioether (sulfide) groups is 1. The zero-order chi connectivity index (χ0) is 20.5. The van der Waals surface area contributed by atoms with E-state index in [0.717, 1.165) is 11.4 Å². The Morgan fingerprint density at radius 1 is 1.24 bits per heavy atom. The quantitative estimate of drug-likeness (QED) is 0.582. The smallest absolute Gasteiger partial charge is 0.230 e. The van der Waals surface area contributed by atoms with E-state index in [1.165, 1.54) is 23.1 Å². The number of anilines is 3. The van der Waals surface area contributed by atoms with Gasteiger partial charge in [-0.3, -0.25) is 9.79 Å². The topological polar surface area (TPSA) is 110 Å². The number of fused-ring (bicyclic) bond motifs is 1. The lowest BCUT2D eigenvalue weighted by molar-refractivity contribution is -0.124. The van der Waals surface area contributed by atoms with Crippen LogP contribution in [-0.4, -0.2) is 63.9 Å². The second-order valence-corrected chi connectivity index (χ2v) is 9.36. The molecule has 1 fully saturated rings. The Bertz CT molecular complexity index is 888. The molecule has 10 heteroatoms. The van der Waals surface area contributed by atoms with Gasteiger partial charge in [0, 0.05) is 42.3 Å². The van der Waals surface area contributed by atoms with E-state index in [-0.39, 0.29) is 17.6 Å². The second kappa shape index (κ2) is 8.31. The summed E-state index contributed by atoms with van der Waals surface area (Å²) in [5, 5.41) is 29.5. The van der Waals surface area contributed by atoms with E-state index >= 15 is 0 Å². The van der Waals surface area contributed by atoms with E-state index in [0.29, 0.717) is 10.3 Å². The minimum Gasteiger partial charge on any atom is -0.390 e. The van der Waals surface area contributed by atoms with Crippen LogP contribution in [0.5, 0.6) is 0 Å². The normalized spacial score (nSPS) is 28.4. The van der Waals surface area contributed by atoms with Crippen molar-refractivity contribution in [1.82, 2.24) is 4.98 Å². The molecule has 1 saturated carbocycles. The van der Waals surface area contributed by atoms with Crippen molar-refractivity contribution in [2.45, 2.75) is 29.9 Å². The lowest BCUT2D eigenvalue weighted by Crippen LogP contribution is -2.52. The van der Waals surface area contributed by atoms with E-state index in [1.807, 2.05) is 43.3 Å². The molecule has 0 saturated heterocycles. The third-order valence-electron chi connectivity index (χ3n) is 5.12. The minimum absolute atomic E-state index is 0.187. The summed E-state index contributed by atoms with van der Waals surface area (Å²) in [6, 6.07) is 7.37. The summed E-state index contributed by atoms with van der Waals surface area (Å²) in [4.78, 5) is 23.5. The summed E-state index contributed by atoms with van der Waals surface area (Å²) in [5.74, 6) is -0.688. The van der Waals surface area contributed by atoms with Gasteiger partial charge in [-0.1, -0.05) is 11.8 Å². The minimum atomic E-state index is -0.994. The van der Waals surface area contributed by atoms with E-state index in [2.05, 4.69) is 20.6 Å². The standard InChI is InChI=1S/C19H23N5O3S2/c1-24(2)11-5-3-10(4-6-11)21-19-22-14-15(26)13(25)9-12(16(14)29-19)17(27)23-18-20-7-8-28-18/h3-8,12-16,25-26H,9H2,1-2H3,(H,21,22)(H,20,23,27). The third kappa shape index (κ3) is 4.25. The Balaban J connectivity index is 1.48. The number of benzene rings is 1. The van der Waals surface area contributed by atoms with Gasteiger partial charge in [0.05, 0.1) is 18.1 Å². The molecule has 0 radical (unpaired) electrons. The fraction of sp³-hybridized carbons (Fsp3) is 0.421. The molecule has 2 heterocycles. The zero-order valence-corrected chi connectivity index (χ0v) is 17.7. The molecule has 1 aliphatic heterocycles. The van der Waals surface area contributed by atoms with Gasteiger partial charge in [0.25, 0.3) is 0 Å². The fourth-order valence-electron chi connectivity index (χ4n) is 3.56. The molecule has 5 unspecified atom stereocenters. The molecule has 154 valence electrons. The predicted octanol–water partition coefficient (Wildman–Crippen LogP) is 1.84. The fourth-order valence-corrected chi connectivity index (χ4v) is 5.47. The molecule has 5 atom stereocenters. The molecule has 29 heavy (non-hydrogen) atoms. The average molecular weight is 434 g/mol. The Kier molecular flexibility index (Phi) is 5.77. The number of hydrogen-bond donors (Lipinski definition) is 4. The maximum atomic E-state index is 12.8. The van der Waals surface area contributed by atoms with Gasteiger partial charge in [-0.15, -0.1) is 11.3 Å². The van der Waals surface area contributed by atoms with Crippen LogP contribution in [0.4, 0.5) is 16.5 Å². The highest BCUT2D eigenvalue weighted by Crippen LogP contribution is 2.42. The lowest BCUT2D eigenvalue weighted by atomic mass is 9.81. The highest BCUT2D eigenvalue weighted by Gasteiger charge is 2.50. The van der Waals surface area contributed by atoms with E-state index in [9.17, 15) is 15.0 Å². The number of carbonyl (C=O) groups is 1. The number of rotatable bonds is 4. The molecule has 1 aliphatic carbocycles. The van der Waals surface area contributed by atoms with Crippen molar-refractivity contribution in [2.75, 3.05) is 29.6 Å². The Morgan fingerprint density at radius 2 is 2.00 bits per heavy atom. The van der Waals surface area contributed by atoms with Crippen molar-refractivity contribution in [3.05, 3.63) is 35.8 Å². The Labute approximate surface area is 177 Å². The summed E-state index contributed by atoms with van der Waals surface area (Å²) < 4.78 is 0. The van der Waals surface area contributed by atoms with Crippen molar-refractivity contribution in [2.24, 2.45) is 10.9 Å². The number of nitrogens with zero attached hydrogens (tertiary/aromatic N) is 3. The number of hydrogen-bond acceptors (Lipinski definition) is 9.